The van der Waals surface area contributed by atoms with Gasteiger partial charge in [0.15, 0.2) is 0 Å². The Kier molecular flexibility index (Phi) is 5.26. The monoisotopic (exact) mass is 372 g/mol. The van der Waals surface area contributed by atoms with Gasteiger partial charge in [0.25, 0.3) is 0 Å². The fourth-order valence-corrected chi connectivity index (χ4v) is 4.00. The molecule has 1 heterocycles. The molecule has 0 saturated carbocycles. The molecule has 0 unspecified atom stereocenters. The van der Waals surface area contributed by atoms with Crippen molar-refractivity contribution in [2.24, 2.45) is 0 Å². The molecule has 1 amide bonds. The van der Waals surface area contributed by atoms with E-state index in [4.69, 9.17) is 0 Å². The number of amides is 1. The molecule has 0 spiro atoms. The minimum atomic E-state index is 0.0396. The lowest BCUT2D eigenvalue weighted by Gasteiger charge is -2.06. The van der Waals surface area contributed by atoms with E-state index in [0.717, 1.165) is 29.1 Å². The summed E-state index contributed by atoms with van der Waals surface area (Å²) in [5.41, 5.74) is 4.26. The second kappa shape index (κ2) is 8.14. The SMILES string of the molecule is O=C(CCc1ccccc1)Nc1ccc(Cc2nc3ccccc3s2)cc1. The summed E-state index contributed by atoms with van der Waals surface area (Å²) in [4.78, 5) is 16.8. The molecule has 0 bridgehead atoms. The Morgan fingerprint density at radius 2 is 1.59 bits per heavy atom. The third-order valence-corrected chi connectivity index (χ3v) is 5.45. The average Bonchev–Trinajstić information content (AvgIpc) is 3.11. The minimum absolute atomic E-state index is 0.0396. The molecule has 134 valence electrons. The molecule has 0 aliphatic rings. The van der Waals surface area contributed by atoms with Gasteiger partial charge in [0.05, 0.1) is 15.2 Å². The number of aryl methyl sites for hydroxylation is 1. The van der Waals surface area contributed by atoms with Crippen LogP contribution < -0.4 is 5.32 Å². The Balaban J connectivity index is 1.33. The second-order valence-electron chi connectivity index (χ2n) is 6.48. The maximum atomic E-state index is 12.1. The molecule has 3 aromatic carbocycles. The highest BCUT2D eigenvalue weighted by Gasteiger charge is 2.06. The maximum Gasteiger partial charge on any atom is 0.224 e. The van der Waals surface area contributed by atoms with Crippen molar-refractivity contribution in [2.75, 3.05) is 5.32 Å². The number of carbonyl (C=O) groups is 1. The highest BCUT2D eigenvalue weighted by atomic mass is 32.1. The van der Waals surface area contributed by atoms with Gasteiger partial charge in [-0.05, 0) is 41.8 Å². The number of rotatable bonds is 6. The Morgan fingerprint density at radius 3 is 2.37 bits per heavy atom. The van der Waals surface area contributed by atoms with Gasteiger partial charge < -0.3 is 5.32 Å². The molecule has 1 aromatic heterocycles. The first-order valence-corrected chi connectivity index (χ1v) is 9.85. The van der Waals surface area contributed by atoms with E-state index in [-0.39, 0.29) is 5.91 Å². The number of hydrogen-bond acceptors (Lipinski definition) is 3. The topological polar surface area (TPSA) is 42.0 Å². The molecule has 0 fully saturated rings. The number of aromatic nitrogens is 1. The zero-order chi connectivity index (χ0) is 18.5. The molecule has 4 aromatic rings. The Labute approximate surface area is 162 Å². The number of nitrogens with zero attached hydrogens (tertiary/aromatic N) is 1. The van der Waals surface area contributed by atoms with Gasteiger partial charge in [-0.2, -0.15) is 0 Å². The molecule has 0 radical (unpaired) electrons. The highest BCUT2D eigenvalue weighted by molar-refractivity contribution is 7.18. The largest absolute Gasteiger partial charge is 0.326 e. The molecular formula is C23H20N2OS. The number of fused-ring (bicyclic) bond motifs is 1. The van der Waals surface area contributed by atoms with Crippen molar-refractivity contribution in [1.29, 1.82) is 0 Å². The van der Waals surface area contributed by atoms with E-state index in [1.807, 2.05) is 60.7 Å². The summed E-state index contributed by atoms with van der Waals surface area (Å²) in [6.07, 6.45) is 2.04. The van der Waals surface area contributed by atoms with E-state index < -0.39 is 0 Å². The van der Waals surface area contributed by atoms with Gasteiger partial charge in [-0.15, -0.1) is 11.3 Å². The smallest absolute Gasteiger partial charge is 0.224 e. The molecular weight excluding hydrogens is 352 g/mol. The van der Waals surface area contributed by atoms with Crippen LogP contribution in [0.3, 0.4) is 0 Å². The lowest BCUT2D eigenvalue weighted by atomic mass is 10.1. The first kappa shape index (κ1) is 17.4. The Bertz CT molecular complexity index is 1010. The number of benzene rings is 3. The fraction of sp³-hybridized carbons (Fsp3) is 0.130. The van der Waals surface area contributed by atoms with E-state index in [1.54, 1.807) is 11.3 Å². The molecule has 0 aliphatic heterocycles. The predicted octanol–water partition coefficient (Wildman–Crippen LogP) is 5.46. The third-order valence-electron chi connectivity index (χ3n) is 4.41. The predicted molar refractivity (Wildman–Crippen MR) is 112 cm³/mol. The molecule has 0 atom stereocenters. The van der Waals surface area contributed by atoms with E-state index >= 15 is 0 Å². The van der Waals surface area contributed by atoms with Gasteiger partial charge in [-0.3, -0.25) is 4.79 Å². The summed E-state index contributed by atoms with van der Waals surface area (Å²) >= 11 is 1.73. The van der Waals surface area contributed by atoms with Crippen LogP contribution in [0.1, 0.15) is 22.6 Å². The third kappa shape index (κ3) is 4.60. The van der Waals surface area contributed by atoms with Crippen LogP contribution >= 0.6 is 11.3 Å². The number of nitrogens with one attached hydrogen (secondary N) is 1. The lowest BCUT2D eigenvalue weighted by molar-refractivity contribution is -0.116. The summed E-state index contributed by atoms with van der Waals surface area (Å²) in [6, 6.07) is 26.3. The summed E-state index contributed by atoms with van der Waals surface area (Å²) in [7, 11) is 0. The minimum Gasteiger partial charge on any atom is -0.326 e. The van der Waals surface area contributed by atoms with Crippen LogP contribution in [0.2, 0.25) is 0 Å². The molecule has 0 saturated heterocycles. The van der Waals surface area contributed by atoms with Gasteiger partial charge in [-0.25, -0.2) is 4.98 Å². The summed E-state index contributed by atoms with van der Waals surface area (Å²) in [6.45, 7) is 0. The van der Waals surface area contributed by atoms with Crippen molar-refractivity contribution in [3.8, 4) is 0 Å². The number of hydrogen-bond donors (Lipinski definition) is 1. The van der Waals surface area contributed by atoms with Crippen LogP contribution in [0.25, 0.3) is 10.2 Å². The van der Waals surface area contributed by atoms with Crippen molar-refractivity contribution >= 4 is 33.1 Å². The summed E-state index contributed by atoms with van der Waals surface area (Å²) < 4.78 is 1.22. The number of para-hydroxylation sites is 1. The zero-order valence-corrected chi connectivity index (χ0v) is 15.7. The van der Waals surface area contributed by atoms with Crippen LogP contribution in [-0.4, -0.2) is 10.9 Å². The van der Waals surface area contributed by atoms with Crippen molar-refractivity contribution in [3.63, 3.8) is 0 Å². The normalized spacial score (nSPS) is 10.8. The summed E-state index contributed by atoms with van der Waals surface area (Å²) in [5.74, 6) is 0.0396. The zero-order valence-electron chi connectivity index (χ0n) is 14.9. The highest BCUT2D eigenvalue weighted by Crippen LogP contribution is 2.24. The van der Waals surface area contributed by atoms with E-state index in [2.05, 4.69) is 28.5 Å². The fourth-order valence-electron chi connectivity index (χ4n) is 3.00. The average molecular weight is 372 g/mol. The van der Waals surface area contributed by atoms with Crippen molar-refractivity contribution in [2.45, 2.75) is 19.3 Å². The first-order valence-electron chi connectivity index (χ1n) is 9.03. The van der Waals surface area contributed by atoms with Crippen molar-refractivity contribution in [3.05, 3.63) is 95.0 Å². The van der Waals surface area contributed by atoms with Crippen LogP contribution in [0.15, 0.2) is 78.9 Å². The maximum absolute atomic E-state index is 12.1. The standard InChI is InChI=1S/C23H20N2OS/c26-22(15-12-17-6-2-1-3-7-17)24-19-13-10-18(11-14-19)16-23-25-20-8-4-5-9-21(20)27-23/h1-11,13-14H,12,15-16H2,(H,24,26). The second-order valence-corrected chi connectivity index (χ2v) is 7.60. The Morgan fingerprint density at radius 1 is 0.852 bits per heavy atom. The van der Waals surface area contributed by atoms with Crippen LogP contribution in [0, 0.1) is 0 Å². The first-order chi connectivity index (χ1) is 13.3. The Hall–Kier alpha value is -2.98. The van der Waals surface area contributed by atoms with Crippen LogP contribution in [-0.2, 0) is 17.6 Å². The van der Waals surface area contributed by atoms with Crippen LogP contribution in [0.5, 0.6) is 0 Å². The number of thiazole rings is 1. The molecule has 27 heavy (non-hydrogen) atoms. The van der Waals surface area contributed by atoms with Gasteiger partial charge in [0.2, 0.25) is 5.91 Å². The van der Waals surface area contributed by atoms with Gasteiger partial charge in [0, 0.05) is 18.5 Å². The molecule has 4 rings (SSSR count). The quantitative estimate of drug-likeness (QED) is 0.488. The van der Waals surface area contributed by atoms with Crippen molar-refractivity contribution < 1.29 is 4.79 Å². The molecule has 1 N–H and O–H groups in total. The van der Waals surface area contributed by atoms with Crippen LogP contribution in [0.4, 0.5) is 5.69 Å². The summed E-state index contributed by atoms with van der Waals surface area (Å²) in [5, 5.41) is 4.08. The molecule has 0 aliphatic carbocycles. The van der Waals surface area contributed by atoms with Gasteiger partial charge >= 0.3 is 0 Å². The van der Waals surface area contributed by atoms with Crippen molar-refractivity contribution in [1.82, 2.24) is 4.98 Å². The van der Waals surface area contributed by atoms with Gasteiger partial charge in [-0.1, -0.05) is 54.6 Å². The lowest BCUT2D eigenvalue weighted by Crippen LogP contribution is -2.12. The number of anilines is 1. The van der Waals surface area contributed by atoms with E-state index in [0.29, 0.717) is 6.42 Å². The van der Waals surface area contributed by atoms with E-state index in [1.165, 1.54) is 15.8 Å². The molecule has 3 nitrogen and oxygen atoms in total. The van der Waals surface area contributed by atoms with Gasteiger partial charge in [0.1, 0.15) is 0 Å². The number of carbonyl (C=O) groups excluding carboxylic acids is 1. The van der Waals surface area contributed by atoms with E-state index in [9.17, 15) is 4.79 Å². The molecule has 4 heteroatoms.